The molecule has 45 heavy (non-hydrogen) atoms. The lowest BCUT2D eigenvalue weighted by Gasteiger charge is -2.41. The van der Waals surface area contributed by atoms with E-state index in [9.17, 15) is 19.1 Å². The van der Waals surface area contributed by atoms with Gasteiger partial charge in [-0.1, -0.05) is 27.7 Å². The molecule has 2 saturated heterocycles. The highest BCUT2D eigenvalue weighted by atomic mass is 32.1. The van der Waals surface area contributed by atoms with Gasteiger partial charge in [0.05, 0.1) is 29.0 Å². The lowest BCUT2D eigenvalue weighted by Crippen LogP contribution is -2.54. The second-order valence-corrected chi connectivity index (χ2v) is 13.8. The van der Waals surface area contributed by atoms with Crippen LogP contribution in [-0.4, -0.2) is 87.1 Å². The first-order valence-electron chi connectivity index (χ1n) is 15.5. The number of carbonyl (C=O) groups excluding carboxylic acids is 1. The number of likely N-dealkylation sites (tertiary alicyclic amines) is 1. The molecule has 4 aromatic rings. The van der Waals surface area contributed by atoms with Gasteiger partial charge in [0.1, 0.15) is 17.3 Å². The molecule has 3 aromatic heterocycles. The zero-order valence-corrected chi connectivity index (χ0v) is 27.2. The Balaban J connectivity index is 1.20. The van der Waals surface area contributed by atoms with Gasteiger partial charge in [0.25, 0.3) is 0 Å². The minimum absolute atomic E-state index is 0.0586. The van der Waals surface area contributed by atoms with E-state index in [-0.39, 0.29) is 29.1 Å². The van der Waals surface area contributed by atoms with Crippen molar-refractivity contribution in [3.63, 3.8) is 0 Å². The number of hydrogen-bond donors (Lipinski definition) is 1. The fourth-order valence-electron chi connectivity index (χ4n) is 6.87. The van der Waals surface area contributed by atoms with Crippen molar-refractivity contribution >= 4 is 45.6 Å². The Bertz CT molecular complexity index is 1710. The molecule has 0 saturated carbocycles. The first kappa shape index (κ1) is 30.8. The van der Waals surface area contributed by atoms with Crippen LogP contribution in [-0.2, 0) is 11.2 Å². The predicted octanol–water partition coefficient (Wildman–Crippen LogP) is 5.99. The summed E-state index contributed by atoms with van der Waals surface area (Å²) in [4.78, 5) is 43.1. The van der Waals surface area contributed by atoms with Gasteiger partial charge in [-0.15, -0.1) is 11.3 Å². The molecule has 2 amide bonds. The maximum absolute atomic E-state index is 13.7. The predicted molar refractivity (Wildman–Crippen MR) is 175 cm³/mol. The average Bonchev–Trinajstić information content (AvgIpc) is 3.77. The van der Waals surface area contributed by atoms with Crippen LogP contribution < -0.4 is 9.80 Å². The Hall–Kier alpha value is -4.19. The number of carboxylic acid groups (broad SMARTS) is 1. The molecule has 1 aromatic carbocycles. The van der Waals surface area contributed by atoms with Crippen molar-refractivity contribution in [2.45, 2.75) is 46.6 Å². The van der Waals surface area contributed by atoms with Crippen LogP contribution in [0.2, 0.25) is 0 Å². The van der Waals surface area contributed by atoms with Crippen molar-refractivity contribution in [2.24, 2.45) is 11.3 Å². The Kier molecular flexibility index (Phi) is 8.19. The van der Waals surface area contributed by atoms with Crippen molar-refractivity contribution in [1.82, 2.24) is 24.2 Å². The average molecular weight is 634 g/mol. The maximum Gasteiger partial charge on any atom is 0.407 e. The van der Waals surface area contributed by atoms with Crippen LogP contribution in [0.3, 0.4) is 0 Å². The summed E-state index contributed by atoms with van der Waals surface area (Å²) >= 11 is 1.53. The largest absolute Gasteiger partial charge is 0.465 e. The monoisotopic (exact) mass is 633 g/mol. The number of thiazole rings is 1. The van der Waals surface area contributed by atoms with E-state index in [1.54, 1.807) is 12.1 Å². The molecule has 0 radical (unpaired) electrons. The number of hydrogen-bond acceptors (Lipinski definition) is 7. The Labute approximate surface area is 266 Å². The molecule has 10 nitrogen and oxygen atoms in total. The zero-order valence-electron chi connectivity index (χ0n) is 26.4. The van der Waals surface area contributed by atoms with E-state index < -0.39 is 6.09 Å². The van der Waals surface area contributed by atoms with E-state index in [1.807, 2.05) is 44.2 Å². The fourth-order valence-corrected chi connectivity index (χ4v) is 7.67. The molecule has 0 aliphatic carbocycles. The second-order valence-electron chi connectivity index (χ2n) is 12.9. The standard InChI is InChI=1S/C33H40FN7O3S/c1-6-25-29(37(5)31-36-26(20-45-31)21-7-9-22(34)10-8-21)41-19-23(11-12-27(41)35-25)38-15-17-39(18-16-38)30(42)24-13-14-40(32(43)44)28(24)33(2,3)4/h7-12,19-20,24,28H,6,13-18H2,1-5H3,(H,43,44). The van der Waals surface area contributed by atoms with Crippen molar-refractivity contribution in [1.29, 1.82) is 0 Å². The third kappa shape index (κ3) is 5.83. The smallest absolute Gasteiger partial charge is 0.407 e. The second kappa shape index (κ2) is 12.0. The zero-order chi connectivity index (χ0) is 32.0. The van der Waals surface area contributed by atoms with Gasteiger partial charge >= 0.3 is 6.09 Å². The van der Waals surface area contributed by atoms with E-state index in [0.717, 1.165) is 45.7 Å². The van der Waals surface area contributed by atoms with Gasteiger partial charge in [0.2, 0.25) is 5.91 Å². The fraction of sp³-hybridized carbons (Fsp3) is 0.455. The number of aromatic nitrogens is 3. The number of anilines is 3. The molecule has 1 N–H and O–H groups in total. The van der Waals surface area contributed by atoms with Crippen LogP contribution in [0.25, 0.3) is 16.9 Å². The summed E-state index contributed by atoms with van der Waals surface area (Å²) in [5.41, 5.74) is 4.18. The highest BCUT2D eigenvalue weighted by molar-refractivity contribution is 7.14. The molecule has 2 atom stereocenters. The number of piperazine rings is 1. The highest BCUT2D eigenvalue weighted by Crippen LogP contribution is 2.39. The quantitative estimate of drug-likeness (QED) is 0.279. The molecule has 2 aliphatic heterocycles. The number of halogens is 1. The van der Waals surface area contributed by atoms with Crippen molar-refractivity contribution in [2.75, 3.05) is 49.6 Å². The van der Waals surface area contributed by atoms with Crippen LogP contribution in [0.15, 0.2) is 48.0 Å². The summed E-state index contributed by atoms with van der Waals surface area (Å²) in [6, 6.07) is 10.1. The molecule has 2 aliphatic rings. The normalized spacial score (nSPS) is 19.0. The molecule has 6 rings (SSSR count). The van der Waals surface area contributed by atoms with Gasteiger partial charge in [-0.3, -0.25) is 9.20 Å². The van der Waals surface area contributed by atoms with Crippen LogP contribution in [0, 0.1) is 17.2 Å². The van der Waals surface area contributed by atoms with E-state index in [4.69, 9.17) is 9.97 Å². The van der Waals surface area contributed by atoms with E-state index in [2.05, 4.69) is 33.4 Å². The van der Waals surface area contributed by atoms with Gasteiger partial charge in [0, 0.05) is 56.9 Å². The van der Waals surface area contributed by atoms with Crippen LogP contribution >= 0.6 is 11.3 Å². The van der Waals surface area contributed by atoms with Gasteiger partial charge in [0.15, 0.2) is 5.13 Å². The van der Waals surface area contributed by atoms with Crippen LogP contribution in [0.4, 0.5) is 25.8 Å². The topological polar surface area (TPSA) is 97.5 Å². The summed E-state index contributed by atoms with van der Waals surface area (Å²) in [7, 11) is 1.99. The third-order valence-electron chi connectivity index (χ3n) is 9.02. The number of benzene rings is 1. The Morgan fingerprint density at radius 1 is 1.04 bits per heavy atom. The number of imidazole rings is 1. The van der Waals surface area contributed by atoms with Gasteiger partial charge in [-0.2, -0.15) is 0 Å². The Morgan fingerprint density at radius 3 is 2.40 bits per heavy atom. The molecule has 0 bridgehead atoms. The molecule has 238 valence electrons. The van der Waals surface area contributed by atoms with Crippen LogP contribution in [0.5, 0.6) is 0 Å². The molecule has 5 heterocycles. The van der Waals surface area contributed by atoms with Gasteiger partial charge < -0.3 is 24.7 Å². The maximum atomic E-state index is 13.7. The number of carbonyl (C=O) groups is 2. The number of nitrogens with zero attached hydrogens (tertiary/aromatic N) is 7. The SMILES string of the molecule is CCc1nc2ccc(N3CCN(C(=O)C4CCN(C(=O)O)C4C(C)(C)C)CC3)cn2c1N(C)c1nc(-c2ccc(F)cc2)cs1. The molecular formula is C33H40FN7O3S. The summed E-state index contributed by atoms with van der Waals surface area (Å²) in [6.07, 6.45) is 2.47. The lowest BCUT2D eigenvalue weighted by atomic mass is 9.79. The highest BCUT2D eigenvalue weighted by Gasteiger charge is 2.48. The van der Waals surface area contributed by atoms with Crippen molar-refractivity contribution < 1.29 is 19.1 Å². The minimum Gasteiger partial charge on any atom is -0.465 e. The molecular weight excluding hydrogens is 593 g/mol. The van der Waals surface area contributed by atoms with E-state index in [1.165, 1.54) is 28.4 Å². The lowest BCUT2D eigenvalue weighted by molar-refractivity contribution is -0.137. The van der Waals surface area contributed by atoms with Crippen molar-refractivity contribution in [3.05, 3.63) is 59.5 Å². The number of fused-ring (bicyclic) bond motifs is 1. The molecule has 12 heteroatoms. The molecule has 2 unspecified atom stereocenters. The first-order valence-corrected chi connectivity index (χ1v) is 16.3. The molecule has 0 spiro atoms. The van der Waals surface area contributed by atoms with Crippen molar-refractivity contribution in [3.8, 4) is 11.3 Å². The van der Waals surface area contributed by atoms with E-state index in [0.29, 0.717) is 39.1 Å². The van der Waals surface area contributed by atoms with Gasteiger partial charge in [-0.25, -0.2) is 19.2 Å². The number of aryl methyl sites for hydroxylation is 1. The number of pyridine rings is 1. The Morgan fingerprint density at radius 2 is 1.76 bits per heavy atom. The first-order chi connectivity index (χ1) is 21.5. The summed E-state index contributed by atoms with van der Waals surface area (Å²) < 4.78 is 15.6. The number of rotatable bonds is 6. The molecule has 2 fully saturated rings. The summed E-state index contributed by atoms with van der Waals surface area (Å²) in [6.45, 7) is 11.0. The third-order valence-corrected chi connectivity index (χ3v) is 9.94. The minimum atomic E-state index is -0.954. The van der Waals surface area contributed by atoms with Crippen LogP contribution in [0.1, 0.15) is 39.8 Å². The summed E-state index contributed by atoms with van der Waals surface area (Å²) in [5.74, 6) is 0.405. The number of amides is 2. The summed E-state index contributed by atoms with van der Waals surface area (Å²) in [5, 5.41) is 12.5. The van der Waals surface area contributed by atoms with Gasteiger partial charge in [-0.05, 0) is 54.7 Å². The van der Waals surface area contributed by atoms with E-state index >= 15 is 0 Å².